The van der Waals surface area contributed by atoms with Crippen LogP contribution in [-0.4, -0.2) is 29.7 Å². The topological polar surface area (TPSA) is 67.4 Å². The lowest BCUT2D eigenvalue weighted by molar-refractivity contribution is -0.135. The molecule has 2 unspecified atom stereocenters. The molecule has 2 bridgehead atoms. The summed E-state index contributed by atoms with van der Waals surface area (Å²) < 4.78 is 5.39. The Morgan fingerprint density at radius 3 is 2.43 bits per heavy atom. The molecular formula is C18H32N2O3. The van der Waals surface area contributed by atoms with Gasteiger partial charge in [-0.15, -0.1) is 0 Å². The molecule has 3 saturated carbocycles. The van der Waals surface area contributed by atoms with Crippen LogP contribution in [0.3, 0.4) is 0 Å². The minimum absolute atomic E-state index is 0.0713. The number of carbonyl (C=O) groups excluding carboxylic acids is 2. The molecule has 3 rings (SSSR count). The molecular weight excluding hydrogens is 292 g/mol. The lowest BCUT2D eigenvalue weighted by Gasteiger charge is -2.55. The highest BCUT2D eigenvalue weighted by molar-refractivity contribution is 5.81. The maximum Gasteiger partial charge on any atom is 0.407 e. The van der Waals surface area contributed by atoms with Gasteiger partial charge in [0.1, 0.15) is 5.60 Å². The van der Waals surface area contributed by atoms with Gasteiger partial charge < -0.3 is 15.4 Å². The van der Waals surface area contributed by atoms with E-state index in [4.69, 9.17) is 4.74 Å². The second-order valence-electron chi connectivity index (χ2n) is 8.35. The Morgan fingerprint density at radius 1 is 1.26 bits per heavy atom. The number of amides is 2. The van der Waals surface area contributed by atoms with Gasteiger partial charge in [0, 0.05) is 12.1 Å². The van der Waals surface area contributed by atoms with Gasteiger partial charge in [-0.3, -0.25) is 4.79 Å². The Balaban J connectivity index is 2.05. The third-order valence-electron chi connectivity index (χ3n) is 5.47. The second kappa shape index (κ2) is 6.70. The van der Waals surface area contributed by atoms with Crippen molar-refractivity contribution in [1.29, 1.82) is 0 Å². The fourth-order valence-electron chi connectivity index (χ4n) is 3.86. The van der Waals surface area contributed by atoms with E-state index in [0.29, 0.717) is 17.8 Å². The van der Waals surface area contributed by atoms with Crippen LogP contribution in [0, 0.1) is 23.7 Å². The number of fused-ring (bicyclic) bond motifs is 2. The maximum atomic E-state index is 12.6. The standard InChI is InChI=1S/C18H32N2O3/c1-7-10(2)19-16(21)14-9-12-8-13(11(12)3)15(14)20-17(22)23-18(4,5)6/h10-15H,7-9H2,1-6H3,(H,19,21)(H,20,22)/t10-,11?,12+,13+,14+,15?/m1/s1. The van der Waals surface area contributed by atoms with E-state index in [-0.39, 0.29) is 23.9 Å². The summed E-state index contributed by atoms with van der Waals surface area (Å²) >= 11 is 0. The predicted molar refractivity (Wildman–Crippen MR) is 89.9 cm³/mol. The summed E-state index contributed by atoms with van der Waals surface area (Å²) in [6, 6.07) is 0.0502. The van der Waals surface area contributed by atoms with Crippen LogP contribution in [0.1, 0.15) is 60.8 Å². The summed E-state index contributed by atoms with van der Waals surface area (Å²) in [5, 5.41) is 6.07. The van der Waals surface area contributed by atoms with Gasteiger partial charge in [0.05, 0.1) is 5.92 Å². The number of hydrogen-bond acceptors (Lipinski definition) is 3. The average Bonchev–Trinajstić information content (AvgIpc) is 2.43. The Morgan fingerprint density at radius 2 is 1.91 bits per heavy atom. The molecule has 0 saturated heterocycles. The summed E-state index contributed by atoms with van der Waals surface area (Å²) in [5.74, 6) is 1.50. The molecule has 132 valence electrons. The zero-order chi connectivity index (χ0) is 17.4. The van der Waals surface area contributed by atoms with E-state index in [1.807, 2.05) is 27.7 Å². The van der Waals surface area contributed by atoms with Crippen molar-refractivity contribution in [2.45, 2.75) is 78.5 Å². The highest BCUT2D eigenvalue weighted by Gasteiger charge is 2.53. The van der Waals surface area contributed by atoms with Crippen LogP contribution < -0.4 is 10.6 Å². The molecule has 0 aromatic rings. The van der Waals surface area contributed by atoms with Crippen molar-refractivity contribution in [3.8, 4) is 0 Å². The maximum absolute atomic E-state index is 12.6. The molecule has 6 atom stereocenters. The number of alkyl carbamates (subject to hydrolysis) is 1. The zero-order valence-corrected chi connectivity index (χ0v) is 15.3. The Bertz CT molecular complexity index is 458. The lowest BCUT2D eigenvalue weighted by Crippen LogP contribution is -2.62. The first-order valence-electron chi connectivity index (χ1n) is 8.92. The Hall–Kier alpha value is -1.26. The van der Waals surface area contributed by atoms with Crippen molar-refractivity contribution >= 4 is 12.0 Å². The SMILES string of the molecule is CC[C@@H](C)NC(=O)[C@H]1C[C@@H]2C[C@@H](C2C)C1NC(=O)OC(C)(C)C. The molecule has 5 heteroatoms. The van der Waals surface area contributed by atoms with Crippen molar-refractivity contribution in [3.63, 3.8) is 0 Å². The van der Waals surface area contributed by atoms with E-state index in [9.17, 15) is 9.59 Å². The summed E-state index contributed by atoms with van der Waals surface area (Å²) in [5.41, 5.74) is -0.527. The molecule has 3 aliphatic rings. The first-order chi connectivity index (χ1) is 10.6. The first-order valence-corrected chi connectivity index (χ1v) is 8.92. The van der Waals surface area contributed by atoms with Crippen LogP contribution in [0.5, 0.6) is 0 Å². The van der Waals surface area contributed by atoms with E-state index in [1.165, 1.54) is 0 Å². The van der Waals surface area contributed by atoms with Gasteiger partial charge >= 0.3 is 6.09 Å². The third kappa shape index (κ3) is 4.18. The monoisotopic (exact) mass is 324 g/mol. The average molecular weight is 324 g/mol. The Kier molecular flexibility index (Phi) is 5.27. The molecule has 2 amide bonds. The molecule has 0 aromatic carbocycles. The highest BCUT2D eigenvalue weighted by atomic mass is 16.6. The number of nitrogens with one attached hydrogen (secondary N) is 2. The quantitative estimate of drug-likeness (QED) is 0.835. The highest BCUT2D eigenvalue weighted by Crippen LogP contribution is 2.52. The third-order valence-corrected chi connectivity index (χ3v) is 5.47. The van der Waals surface area contributed by atoms with Gasteiger partial charge in [0.25, 0.3) is 0 Å². The van der Waals surface area contributed by atoms with Crippen molar-refractivity contribution in [3.05, 3.63) is 0 Å². The lowest BCUT2D eigenvalue weighted by atomic mass is 9.52. The molecule has 0 spiro atoms. The molecule has 0 radical (unpaired) electrons. The largest absolute Gasteiger partial charge is 0.444 e. The van der Waals surface area contributed by atoms with Gasteiger partial charge in [0.2, 0.25) is 5.91 Å². The van der Waals surface area contributed by atoms with E-state index in [2.05, 4.69) is 24.5 Å². The second-order valence-corrected chi connectivity index (χ2v) is 8.35. The van der Waals surface area contributed by atoms with Crippen LogP contribution >= 0.6 is 0 Å². The van der Waals surface area contributed by atoms with E-state index in [1.54, 1.807) is 0 Å². The predicted octanol–water partition coefficient (Wildman–Crippen LogP) is 3.09. The van der Waals surface area contributed by atoms with Gasteiger partial charge in [-0.05, 0) is 64.7 Å². The minimum atomic E-state index is -0.527. The molecule has 2 N–H and O–H groups in total. The van der Waals surface area contributed by atoms with Gasteiger partial charge in [-0.1, -0.05) is 13.8 Å². The van der Waals surface area contributed by atoms with Crippen molar-refractivity contribution < 1.29 is 14.3 Å². The minimum Gasteiger partial charge on any atom is -0.444 e. The molecule has 23 heavy (non-hydrogen) atoms. The van der Waals surface area contributed by atoms with Crippen molar-refractivity contribution in [1.82, 2.24) is 10.6 Å². The normalized spacial score (nSPS) is 34.1. The Labute approximate surface area is 139 Å². The van der Waals surface area contributed by atoms with Crippen molar-refractivity contribution in [2.75, 3.05) is 0 Å². The van der Waals surface area contributed by atoms with Crippen LogP contribution in [-0.2, 0) is 9.53 Å². The number of hydrogen-bond donors (Lipinski definition) is 2. The van der Waals surface area contributed by atoms with Crippen LogP contribution in [0.2, 0.25) is 0 Å². The molecule has 0 aromatic heterocycles. The number of carbonyl (C=O) groups is 2. The zero-order valence-electron chi connectivity index (χ0n) is 15.3. The van der Waals surface area contributed by atoms with Gasteiger partial charge in [-0.25, -0.2) is 4.79 Å². The summed E-state index contributed by atoms with van der Waals surface area (Å²) in [7, 11) is 0. The first kappa shape index (κ1) is 18.1. The van der Waals surface area contributed by atoms with E-state index >= 15 is 0 Å². The van der Waals surface area contributed by atoms with E-state index in [0.717, 1.165) is 19.3 Å². The molecule has 5 nitrogen and oxygen atoms in total. The number of ether oxygens (including phenoxy) is 1. The molecule has 0 heterocycles. The van der Waals surface area contributed by atoms with Gasteiger partial charge in [-0.2, -0.15) is 0 Å². The fraction of sp³-hybridized carbons (Fsp3) is 0.889. The molecule has 0 aliphatic heterocycles. The van der Waals surface area contributed by atoms with Crippen molar-refractivity contribution in [2.24, 2.45) is 23.7 Å². The molecule has 3 aliphatic carbocycles. The van der Waals surface area contributed by atoms with Crippen LogP contribution in [0.4, 0.5) is 4.79 Å². The summed E-state index contributed by atoms with van der Waals surface area (Å²) in [6.07, 6.45) is 2.46. The van der Waals surface area contributed by atoms with Crippen LogP contribution in [0.15, 0.2) is 0 Å². The van der Waals surface area contributed by atoms with Gasteiger partial charge in [0.15, 0.2) is 0 Å². The smallest absolute Gasteiger partial charge is 0.407 e. The fourth-order valence-corrected chi connectivity index (χ4v) is 3.86. The van der Waals surface area contributed by atoms with Crippen LogP contribution in [0.25, 0.3) is 0 Å². The number of rotatable bonds is 4. The summed E-state index contributed by atoms with van der Waals surface area (Å²) in [6.45, 7) is 11.8. The van der Waals surface area contributed by atoms with E-state index < -0.39 is 11.7 Å². The summed E-state index contributed by atoms with van der Waals surface area (Å²) in [4.78, 5) is 24.8. The molecule has 3 fully saturated rings.